The summed E-state index contributed by atoms with van der Waals surface area (Å²) in [5.74, 6) is -0.151. The zero-order chi connectivity index (χ0) is 20.1. The molecule has 0 radical (unpaired) electrons. The molecule has 0 fully saturated rings. The summed E-state index contributed by atoms with van der Waals surface area (Å²) in [4.78, 5) is 16.7. The van der Waals surface area contributed by atoms with Gasteiger partial charge in [0, 0.05) is 24.7 Å². The number of nitrogens with one attached hydrogen (secondary N) is 2. The molecule has 1 aliphatic heterocycles. The number of halogens is 1. The molecule has 0 saturated carbocycles. The summed E-state index contributed by atoms with van der Waals surface area (Å²) in [5.41, 5.74) is 8.41. The molecule has 0 saturated heterocycles. The van der Waals surface area contributed by atoms with Gasteiger partial charge in [-0.25, -0.2) is 14.5 Å². The van der Waals surface area contributed by atoms with Crippen molar-refractivity contribution in [2.75, 3.05) is 5.32 Å². The molecule has 0 aliphatic carbocycles. The van der Waals surface area contributed by atoms with Gasteiger partial charge in [0.05, 0.1) is 23.0 Å². The van der Waals surface area contributed by atoms with Gasteiger partial charge in [-0.2, -0.15) is 10.2 Å². The van der Waals surface area contributed by atoms with Crippen LogP contribution >= 0.6 is 0 Å². The van der Waals surface area contributed by atoms with Crippen molar-refractivity contribution in [3.63, 3.8) is 0 Å². The molecule has 1 aliphatic rings. The van der Waals surface area contributed by atoms with Crippen molar-refractivity contribution < 1.29 is 4.39 Å². The monoisotopic (exact) mass is 391 g/mol. The van der Waals surface area contributed by atoms with Crippen molar-refractivity contribution in [3.8, 4) is 0 Å². The molecule has 2 aromatic carbocycles. The fourth-order valence-electron chi connectivity index (χ4n) is 4.03. The second kappa shape index (κ2) is 6.49. The van der Waals surface area contributed by atoms with E-state index in [4.69, 9.17) is 5.73 Å². The second-order valence-electron chi connectivity index (χ2n) is 7.10. The number of nitrogens with two attached hydrogens (primary N) is 1. The molecule has 0 bridgehead atoms. The molecule has 3 heterocycles. The zero-order valence-corrected chi connectivity index (χ0v) is 15.6. The highest BCUT2D eigenvalue weighted by molar-refractivity contribution is 5.97. The van der Waals surface area contributed by atoms with Gasteiger partial charge < -0.3 is 11.1 Å². The summed E-state index contributed by atoms with van der Waals surface area (Å²) < 4.78 is 15.9. The van der Waals surface area contributed by atoms with Crippen molar-refractivity contribution >= 4 is 16.5 Å². The van der Waals surface area contributed by atoms with Crippen molar-refractivity contribution in [2.24, 2.45) is 12.8 Å². The predicted molar refractivity (Wildman–Crippen MR) is 106 cm³/mol. The standard InChI is InChI=1S/C20H18FN7O/c1-28-19(23-9-24-28)16-17(11-4-2-10(8-22)3-5-11)25-14-7-12(21)6-13-15(14)18(16)26-27-20(13)29/h2-7,9,16-17,25H,8,22H2,1H3,(H,27,29). The number of rotatable bonds is 3. The lowest BCUT2D eigenvalue weighted by Gasteiger charge is -2.33. The lowest BCUT2D eigenvalue weighted by molar-refractivity contribution is 0.564. The SMILES string of the molecule is Cn1ncnc1C1c2n[nH]c(=O)c3cc(F)cc(c23)NC1c1ccc(CN)cc1. The first kappa shape index (κ1) is 17.5. The molecule has 0 spiro atoms. The maximum Gasteiger partial charge on any atom is 0.272 e. The average molecular weight is 391 g/mol. The first-order valence-corrected chi connectivity index (χ1v) is 9.18. The van der Waals surface area contributed by atoms with Crippen LogP contribution in [0, 0.1) is 5.82 Å². The Kier molecular flexibility index (Phi) is 3.92. The van der Waals surface area contributed by atoms with Gasteiger partial charge in [0.1, 0.15) is 18.0 Å². The van der Waals surface area contributed by atoms with E-state index in [0.29, 0.717) is 29.1 Å². The molecule has 2 unspecified atom stereocenters. The number of hydrogen-bond donors (Lipinski definition) is 3. The Hall–Kier alpha value is -3.59. The summed E-state index contributed by atoms with van der Waals surface area (Å²) in [6, 6.07) is 10.2. The smallest absolute Gasteiger partial charge is 0.272 e. The van der Waals surface area contributed by atoms with Crippen LogP contribution in [0.15, 0.2) is 47.5 Å². The van der Waals surface area contributed by atoms with E-state index in [1.54, 1.807) is 11.7 Å². The highest BCUT2D eigenvalue weighted by Gasteiger charge is 2.37. The molecule has 2 atom stereocenters. The van der Waals surface area contributed by atoms with E-state index in [1.165, 1.54) is 18.5 Å². The Morgan fingerprint density at radius 2 is 2.03 bits per heavy atom. The molecule has 146 valence electrons. The maximum absolute atomic E-state index is 14.2. The minimum atomic E-state index is -0.489. The number of benzene rings is 2. The molecule has 2 aromatic heterocycles. The van der Waals surface area contributed by atoms with Crippen LogP contribution in [0.5, 0.6) is 0 Å². The largest absolute Gasteiger partial charge is 0.376 e. The average Bonchev–Trinajstić information content (AvgIpc) is 3.15. The molecule has 5 rings (SSSR count). The van der Waals surface area contributed by atoms with Crippen molar-refractivity contribution in [1.29, 1.82) is 0 Å². The maximum atomic E-state index is 14.2. The number of aromatic amines is 1. The molecule has 4 aromatic rings. The van der Waals surface area contributed by atoms with Crippen LogP contribution < -0.4 is 16.6 Å². The van der Waals surface area contributed by atoms with E-state index in [1.807, 2.05) is 24.3 Å². The van der Waals surface area contributed by atoms with Crippen LogP contribution in [0.3, 0.4) is 0 Å². The summed E-state index contributed by atoms with van der Waals surface area (Å²) >= 11 is 0. The van der Waals surface area contributed by atoms with E-state index in [0.717, 1.165) is 11.1 Å². The summed E-state index contributed by atoms with van der Waals surface area (Å²) in [5, 5.41) is 15.3. The summed E-state index contributed by atoms with van der Waals surface area (Å²) in [6.07, 6.45) is 1.48. The number of anilines is 1. The first-order chi connectivity index (χ1) is 14.1. The molecular formula is C20H18FN7O. The predicted octanol–water partition coefficient (Wildman–Crippen LogP) is 1.95. The topological polar surface area (TPSA) is 115 Å². The van der Waals surface area contributed by atoms with Crippen molar-refractivity contribution in [3.05, 3.63) is 81.5 Å². The van der Waals surface area contributed by atoms with E-state index in [2.05, 4.69) is 25.6 Å². The lowest BCUT2D eigenvalue weighted by atomic mass is 9.83. The van der Waals surface area contributed by atoms with Crippen LogP contribution in [0.4, 0.5) is 10.1 Å². The van der Waals surface area contributed by atoms with Crippen LogP contribution in [-0.2, 0) is 13.6 Å². The fraction of sp³-hybridized carbons (Fsp3) is 0.200. The normalized spacial score (nSPS) is 18.0. The quantitative estimate of drug-likeness (QED) is 0.492. The Balaban J connectivity index is 1.79. The van der Waals surface area contributed by atoms with E-state index in [9.17, 15) is 9.18 Å². The van der Waals surface area contributed by atoms with Gasteiger partial charge in [0.2, 0.25) is 0 Å². The van der Waals surface area contributed by atoms with Gasteiger partial charge in [0.25, 0.3) is 5.56 Å². The van der Waals surface area contributed by atoms with Gasteiger partial charge in [-0.3, -0.25) is 9.48 Å². The summed E-state index contributed by atoms with van der Waals surface area (Å²) in [7, 11) is 1.81. The third-order valence-electron chi connectivity index (χ3n) is 5.42. The van der Waals surface area contributed by atoms with E-state index >= 15 is 0 Å². The van der Waals surface area contributed by atoms with Crippen LogP contribution in [0.25, 0.3) is 10.8 Å². The Morgan fingerprint density at radius 1 is 1.24 bits per heavy atom. The molecule has 9 heteroatoms. The van der Waals surface area contributed by atoms with Gasteiger partial charge >= 0.3 is 0 Å². The van der Waals surface area contributed by atoms with Crippen molar-refractivity contribution in [1.82, 2.24) is 25.0 Å². The molecular weight excluding hydrogens is 373 g/mol. The number of hydrogen-bond acceptors (Lipinski definition) is 6. The lowest BCUT2D eigenvalue weighted by Crippen LogP contribution is -2.30. The van der Waals surface area contributed by atoms with Gasteiger partial charge in [-0.15, -0.1) is 0 Å². The Labute approximate surface area is 164 Å². The fourth-order valence-corrected chi connectivity index (χ4v) is 4.03. The molecule has 29 heavy (non-hydrogen) atoms. The highest BCUT2D eigenvalue weighted by Crippen LogP contribution is 2.45. The second-order valence-corrected chi connectivity index (χ2v) is 7.10. The molecule has 8 nitrogen and oxygen atoms in total. The minimum Gasteiger partial charge on any atom is -0.376 e. The van der Waals surface area contributed by atoms with Gasteiger partial charge in [-0.05, 0) is 23.3 Å². The Morgan fingerprint density at radius 3 is 2.72 bits per heavy atom. The Bertz CT molecular complexity index is 1280. The number of nitrogens with zero attached hydrogens (tertiary/aromatic N) is 4. The zero-order valence-electron chi connectivity index (χ0n) is 15.6. The molecule has 0 amide bonds. The third-order valence-corrected chi connectivity index (χ3v) is 5.42. The van der Waals surface area contributed by atoms with Crippen molar-refractivity contribution in [2.45, 2.75) is 18.5 Å². The van der Waals surface area contributed by atoms with Gasteiger partial charge in [0.15, 0.2) is 0 Å². The number of aryl methyl sites for hydroxylation is 1. The number of H-pyrrole nitrogens is 1. The van der Waals surface area contributed by atoms with Gasteiger partial charge in [-0.1, -0.05) is 24.3 Å². The third kappa shape index (κ3) is 2.70. The van der Waals surface area contributed by atoms with Crippen LogP contribution in [0.2, 0.25) is 0 Å². The van der Waals surface area contributed by atoms with E-state index < -0.39 is 11.4 Å². The molecule has 4 N–H and O–H groups in total. The first-order valence-electron chi connectivity index (χ1n) is 9.18. The van der Waals surface area contributed by atoms with Crippen LogP contribution in [-0.4, -0.2) is 25.0 Å². The van der Waals surface area contributed by atoms with Crippen LogP contribution in [0.1, 0.15) is 34.6 Å². The number of aromatic nitrogens is 5. The highest BCUT2D eigenvalue weighted by atomic mass is 19.1. The van der Waals surface area contributed by atoms with E-state index in [-0.39, 0.29) is 17.3 Å². The minimum absolute atomic E-state index is 0.251. The summed E-state index contributed by atoms with van der Waals surface area (Å²) in [6.45, 7) is 0.446.